The van der Waals surface area contributed by atoms with Crippen molar-refractivity contribution in [2.45, 2.75) is 15.9 Å². The van der Waals surface area contributed by atoms with E-state index in [1.54, 1.807) is 11.7 Å². The van der Waals surface area contributed by atoms with Crippen molar-refractivity contribution in [1.82, 2.24) is 15.2 Å². The molecule has 0 aliphatic carbocycles. The summed E-state index contributed by atoms with van der Waals surface area (Å²) in [4.78, 5) is 4.18. The molecule has 2 aromatic rings. The minimum absolute atomic E-state index is 0.408. The van der Waals surface area contributed by atoms with E-state index in [4.69, 9.17) is 17.3 Å². The van der Waals surface area contributed by atoms with Crippen LogP contribution in [0, 0.1) is 0 Å². The minimum Gasteiger partial charge on any atom is -0.326 e. The third-order valence-electron chi connectivity index (χ3n) is 1.68. The quantitative estimate of drug-likeness (QED) is 0.914. The average molecular weight is 259 g/mol. The van der Waals surface area contributed by atoms with Crippen molar-refractivity contribution in [3.05, 3.63) is 28.4 Å². The smallest absolute Gasteiger partial charge is 0.180 e. The van der Waals surface area contributed by atoms with Crippen LogP contribution in [0.3, 0.4) is 0 Å². The molecule has 0 spiro atoms. The zero-order chi connectivity index (χ0) is 10.7. The van der Waals surface area contributed by atoms with Crippen molar-refractivity contribution in [3.8, 4) is 0 Å². The van der Waals surface area contributed by atoms with Crippen LogP contribution in [0.2, 0.25) is 5.02 Å². The van der Waals surface area contributed by atoms with Crippen molar-refractivity contribution >= 4 is 34.7 Å². The van der Waals surface area contributed by atoms with E-state index in [2.05, 4.69) is 15.2 Å². The van der Waals surface area contributed by atoms with Crippen LogP contribution in [0.15, 0.2) is 27.1 Å². The Kier molecular flexibility index (Phi) is 3.53. The summed E-state index contributed by atoms with van der Waals surface area (Å²) in [7, 11) is 0. The molecule has 0 fully saturated rings. The highest BCUT2D eigenvalue weighted by Gasteiger charge is 2.09. The molecule has 0 amide bonds. The topological polar surface area (TPSA) is 64.7 Å². The van der Waals surface area contributed by atoms with Gasteiger partial charge in [0.1, 0.15) is 10.5 Å². The first-order chi connectivity index (χ1) is 7.31. The van der Waals surface area contributed by atoms with Gasteiger partial charge in [0.05, 0.1) is 5.02 Å². The maximum atomic E-state index is 6.12. The van der Waals surface area contributed by atoms with Gasteiger partial charge in [0, 0.05) is 12.7 Å². The third-order valence-corrected chi connectivity index (χ3v) is 4.00. The van der Waals surface area contributed by atoms with E-state index in [1.807, 2.05) is 6.07 Å². The number of rotatable bonds is 3. The van der Waals surface area contributed by atoms with Gasteiger partial charge >= 0.3 is 0 Å². The monoisotopic (exact) mass is 258 g/mol. The van der Waals surface area contributed by atoms with Crippen molar-refractivity contribution in [1.29, 1.82) is 0 Å². The summed E-state index contributed by atoms with van der Waals surface area (Å²) in [6, 6.07) is 1.81. The van der Waals surface area contributed by atoms with Gasteiger partial charge in [0.2, 0.25) is 0 Å². The number of nitrogens with two attached hydrogens (primary N) is 1. The summed E-state index contributed by atoms with van der Waals surface area (Å²) in [6.07, 6.45) is 1.69. The van der Waals surface area contributed by atoms with Gasteiger partial charge in [-0.1, -0.05) is 22.9 Å². The summed E-state index contributed by atoms with van der Waals surface area (Å²) < 4.78 is 0.818. The number of aromatic nitrogens is 3. The van der Waals surface area contributed by atoms with Crippen LogP contribution in [-0.2, 0) is 6.54 Å². The van der Waals surface area contributed by atoms with Crippen LogP contribution >= 0.6 is 34.7 Å². The van der Waals surface area contributed by atoms with Gasteiger partial charge in [-0.15, -0.1) is 10.2 Å². The Bertz CT molecular complexity index is 446. The highest BCUT2D eigenvalue weighted by Crippen LogP contribution is 2.33. The Morgan fingerprint density at radius 1 is 1.53 bits per heavy atom. The van der Waals surface area contributed by atoms with Crippen molar-refractivity contribution in [2.75, 3.05) is 0 Å². The Hall–Kier alpha value is -0.690. The molecular weight excluding hydrogens is 252 g/mol. The third kappa shape index (κ3) is 2.46. The summed E-state index contributed by atoms with van der Waals surface area (Å²) >= 11 is 8.97. The first kappa shape index (κ1) is 10.8. The Morgan fingerprint density at radius 3 is 3.07 bits per heavy atom. The van der Waals surface area contributed by atoms with Gasteiger partial charge in [0.15, 0.2) is 4.34 Å². The largest absolute Gasteiger partial charge is 0.326 e. The van der Waals surface area contributed by atoms with Crippen LogP contribution in [0.25, 0.3) is 0 Å². The zero-order valence-corrected chi connectivity index (χ0v) is 9.94. The molecule has 0 bridgehead atoms. The Labute approximate surface area is 99.9 Å². The number of halogens is 1. The van der Waals surface area contributed by atoms with Crippen LogP contribution in [-0.4, -0.2) is 15.2 Å². The first-order valence-electron chi connectivity index (χ1n) is 4.08. The van der Waals surface area contributed by atoms with Gasteiger partial charge in [-0.25, -0.2) is 4.98 Å². The Balaban J connectivity index is 2.29. The number of hydrogen-bond donors (Lipinski definition) is 1. The molecule has 4 nitrogen and oxygen atoms in total. The zero-order valence-electron chi connectivity index (χ0n) is 7.55. The molecule has 78 valence electrons. The van der Waals surface area contributed by atoms with E-state index >= 15 is 0 Å². The molecule has 0 aliphatic heterocycles. The molecule has 0 unspecified atom stereocenters. The Morgan fingerprint density at radius 2 is 2.40 bits per heavy atom. The van der Waals surface area contributed by atoms with Crippen molar-refractivity contribution < 1.29 is 0 Å². The van der Waals surface area contributed by atoms with Crippen LogP contribution in [0.5, 0.6) is 0 Å². The van der Waals surface area contributed by atoms with Gasteiger partial charge in [0.25, 0.3) is 0 Å². The number of pyridine rings is 1. The molecule has 2 rings (SSSR count). The predicted molar refractivity (Wildman–Crippen MR) is 61.2 cm³/mol. The predicted octanol–water partition coefficient (Wildman–Crippen LogP) is 2.20. The lowest BCUT2D eigenvalue weighted by molar-refractivity contribution is 0.995. The minimum atomic E-state index is 0.408. The lowest BCUT2D eigenvalue weighted by Gasteiger charge is -2.04. The van der Waals surface area contributed by atoms with E-state index in [-0.39, 0.29) is 0 Å². The molecule has 7 heteroatoms. The van der Waals surface area contributed by atoms with Gasteiger partial charge in [-0.05, 0) is 23.4 Å². The van der Waals surface area contributed by atoms with E-state index in [0.29, 0.717) is 11.6 Å². The highest BCUT2D eigenvalue weighted by molar-refractivity contribution is 8.01. The fraction of sp³-hybridized carbons (Fsp3) is 0.125. The van der Waals surface area contributed by atoms with E-state index < -0.39 is 0 Å². The summed E-state index contributed by atoms with van der Waals surface area (Å²) in [5, 5.41) is 8.97. The second-order valence-electron chi connectivity index (χ2n) is 2.60. The standard InChI is InChI=1S/C8H7ClN4S2/c9-6-5(3-10)1-2-11-7(6)15-8-13-12-4-14-8/h1-2,4H,3,10H2. The first-order valence-corrected chi connectivity index (χ1v) is 6.16. The van der Waals surface area contributed by atoms with Crippen molar-refractivity contribution in [3.63, 3.8) is 0 Å². The molecule has 2 heterocycles. The molecule has 15 heavy (non-hydrogen) atoms. The fourth-order valence-corrected chi connectivity index (χ4v) is 2.71. The van der Waals surface area contributed by atoms with E-state index in [9.17, 15) is 0 Å². The van der Waals surface area contributed by atoms with Gasteiger partial charge in [-0.3, -0.25) is 0 Å². The maximum absolute atomic E-state index is 6.12. The molecular formula is C8H7ClN4S2. The number of nitrogens with zero attached hydrogens (tertiary/aromatic N) is 3. The summed E-state index contributed by atoms with van der Waals surface area (Å²) in [5.41, 5.74) is 8.10. The van der Waals surface area contributed by atoms with Gasteiger partial charge in [-0.2, -0.15) is 0 Å². The number of hydrogen-bond acceptors (Lipinski definition) is 6. The molecule has 0 aliphatic rings. The van der Waals surface area contributed by atoms with E-state index in [0.717, 1.165) is 14.9 Å². The van der Waals surface area contributed by atoms with Gasteiger partial charge < -0.3 is 5.73 Å². The SMILES string of the molecule is NCc1ccnc(Sc2nncs2)c1Cl. The summed E-state index contributed by atoms with van der Waals surface area (Å²) in [6.45, 7) is 0.408. The molecule has 0 radical (unpaired) electrons. The average Bonchev–Trinajstić information content (AvgIpc) is 2.74. The fourth-order valence-electron chi connectivity index (χ4n) is 0.981. The van der Waals surface area contributed by atoms with Crippen LogP contribution < -0.4 is 5.73 Å². The molecule has 0 atom stereocenters. The lowest BCUT2D eigenvalue weighted by atomic mass is 10.3. The maximum Gasteiger partial charge on any atom is 0.180 e. The van der Waals surface area contributed by atoms with Crippen LogP contribution in [0.4, 0.5) is 0 Å². The van der Waals surface area contributed by atoms with Crippen molar-refractivity contribution in [2.24, 2.45) is 5.73 Å². The van der Waals surface area contributed by atoms with Crippen LogP contribution in [0.1, 0.15) is 5.56 Å². The molecule has 2 aromatic heterocycles. The normalized spacial score (nSPS) is 10.5. The molecule has 0 aromatic carbocycles. The highest BCUT2D eigenvalue weighted by atomic mass is 35.5. The molecule has 0 saturated carbocycles. The summed E-state index contributed by atoms with van der Waals surface area (Å²) in [5.74, 6) is 0. The van der Waals surface area contributed by atoms with E-state index in [1.165, 1.54) is 23.1 Å². The second-order valence-corrected chi connectivity index (χ2v) is 5.05. The lowest BCUT2D eigenvalue weighted by Crippen LogP contribution is -1.98. The molecule has 0 saturated heterocycles. The molecule has 2 N–H and O–H groups in total. The second kappa shape index (κ2) is 4.89.